The standard InChI is InChI=1S/C9H8O2.Rb/c10-9(11)7-6-8-4-2-1-3-5-8;/h1-7H,(H,10,11);. The molecule has 0 amide bonds. The third-order valence-corrected chi connectivity index (χ3v) is 1.22. The number of carboxylic acids is 1. The minimum Gasteiger partial charge on any atom is -0.478 e. The largest absolute Gasteiger partial charge is 0.478 e. The average Bonchev–Trinajstić information content (AvgIpc) is 2.03. The molecular weight excluding hydrogens is 226 g/mol. The molecule has 0 aliphatic carbocycles. The van der Waals surface area contributed by atoms with E-state index in [4.69, 9.17) is 5.11 Å². The van der Waals surface area contributed by atoms with E-state index in [9.17, 15) is 4.79 Å². The van der Waals surface area contributed by atoms with Gasteiger partial charge in [0.15, 0.2) is 0 Å². The van der Waals surface area contributed by atoms with Crippen LogP contribution in [0.2, 0.25) is 0 Å². The van der Waals surface area contributed by atoms with E-state index in [2.05, 4.69) is 0 Å². The molecule has 1 radical (unpaired) electrons. The zero-order chi connectivity index (χ0) is 8.10. The Hall–Kier alpha value is 0.235. The number of hydrogen-bond acceptors (Lipinski definition) is 1. The van der Waals surface area contributed by atoms with E-state index in [1.165, 1.54) is 0 Å². The van der Waals surface area contributed by atoms with Crippen LogP contribution < -0.4 is 0 Å². The van der Waals surface area contributed by atoms with Gasteiger partial charge in [-0.05, 0) is 11.6 Å². The van der Waals surface area contributed by atoms with Crippen molar-refractivity contribution in [1.29, 1.82) is 0 Å². The summed E-state index contributed by atoms with van der Waals surface area (Å²) in [5, 5.41) is 8.29. The van der Waals surface area contributed by atoms with Gasteiger partial charge in [0.1, 0.15) is 0 Å². The van der Waals surface area contributed by atoms with Gasteiger partial charge in [0, 0.05) is 64.3 Å². The van der Waals surface area contributed by atoms with Gasteiger partial charge in [-0.1, -0.05) is 30.3 Å². The van der Waals surface area contributed by atoms with Gasteiger partial charge in [-0.15, -0.1) is 0 Å². The van der Waals surface area contributed by atoms with Crippen LogP contribution in [-0.4, -0.2) is 69.3 Å². The molecule has 12 heavy (non-hydrogen) atoms. The molecule has 0 atom stereocenters. The summed E-state index contributed by atoms with van der Waals surface area (Å²) in [5.41, 5.74) is 0.898. The predicted octanol–water partition coefficient (Wildman–Crippen LogP) is 1.40. The molecule has 0 aliphatic heterocycles. The maximum Gasteiger partial charge on any atom is 0.328 e. The van der Waals surface area contributed by atoms with Crippen molar-refractivity contribution in [3.05, 3.63) is 42.0 Å². The van der Waals surface area contributed by atoms with Crippen molar-refractivity contribution >= 4 is 70.2 Å². The summed E-state index contributed by atoms with van der Waals surface area (Å²) in [7, 11) is 0. The normalized spacial score (nSPS) is 9.33. The Balaban J connectivity index is 0.00000121. The molecule has 0 unspecified atom stereocenters. The Labute approximate surface area is 120 Å². The van der Waals surface area contributed by atoms with Crippen molar-refractivity contribution in [2.75, 3.05) is 0 Å². The van der Waals surface area contributed by atoms with Crippen LogP contribution in [-0.2, 0) is 4.79 Å². The fourth-order valence-corrected chi connectivity index (χ4v) is 0.732. The van der Waals surface area contributed by atoms with Crippen LogP contribution in [0.4, 0.5) is 0 Å². The van der Waals surface area contributed by atoms with Crippen molar-refractivity contribution < 1.29 is 9.90 Å². The zero-order valence-corrected chi connectivity index (χ0v) is 11.8. The molecule has 57 valence electrons. The molecule has 0 saturated heterocycles. The molecule has 0 bridgehead atoms. The van der Waals surface area contributed by atoms with Crippen LogP contribution in [0.25, 0.3) is 6.08 Å². The molecule has 0 heterocycles. The predicted molar refractivity (Wildman–Crippen MR) is 48.9 cm³/mol. The van der Waals surface area contributed by atoms with Gasteiger partial charge in [0.25, 0.3) is 0 Å². The van der Waals surface area contributed by atoms with Crippen LogP contribution >= 0.6 is 0 Å². The molecule has 3 heteroatoms. The Morgan fingerprint density at radius 1 is 1.25 bits per heavy atom. The van der Waals surface area contributed by atoms with Crippen LogP contribution in [0.5, 0.6) is 0 Å². The van der Waals surface area contributed by atoms with E-state index in [-0.39, 0.29) is 58.2 Å². The second-order valence-corrected chi connectivity index (χ2v) is 2.08. The summed E-state index contributed by atoms with van der Waals surface area (Å²) >= 11 is 0. The monoisotopic (exact) mass is 233 g/mol. The van der Waals surface area contributed by atoms with Gasteiger partial charge in [-0.2, -0.15) is 0 Å². The Morgan fingerprint density at radius 2 is 1.83 bits per heavy atom. The summed E-state index contributed by atoms with van der Waals surface area (Å²) < 4.78 is 0. The fourth-order valence-electron chi connectivity index (χ4n) is 0.732. The molecule has 1 aromatic rings. The quantitative estimate of drug-likeness (QED) is 0.785. The van der Waals surface area contributed by atoms with E-state index in [0.717, 1.165) is 11.6 Å². The number of benzene rings is 1. The summed E-state index contributed by atoms with van der Waals surface area (Å²) in [4.78, 5) is 10.1. The van der Waals surface area contributed by atoms with Gasteiger partial charge in [0.05, 0.1) is 0 Å². The fraction of sp³-hybridized carbons (Fsp3) is 0. The van der Waals surface area contributed by atoms with Gasteiger partial charge in [-0.25, -0.2) is 4.79 Å². The molecule has 2 nitrogen and oxygen atoms in total. The summed E-state index contributed by atoms with van der Waals surface area (Å²) in [5.74, 6) is -0.922. The van der Waals surface area contributed by atoms with Gasteiger partial charge < -0.3 is 5.11 Å². The van der Waals surface area contributed by atoms with E-state index in [1.54, 1.807) is 6.08 Å². The van der Waals surface area contributed by atoms with E-state index in [0.29, 0.717) is 0 Å². The van der Waals surface area contributed by atoms with Crippen molar-refractivity contribution in [3.8, 4) is 0 Å². The van der Waals surface area contributed by atoms with Crippen LogP contribution in [0, 0.1) is 0 Å². The number of rotatable bonds is 2. The first kappa shape index (κ1) is 12.2. The van der Waals surface area contributed by atoms with Crippen molar-refractivity contribution in [3.63, 3.8) is 0 Å². The van der Waals surface area contributed by atoms with Crippen molar-refractivity contribution in [2.24, 2.45) is 0 Å². The maximum absolute atomic E-state index is 10.1. The molecule has 1 rings (SSSR count). The minimum atomic E-state index is -0.922. The SMILES string of the molecule is O=C(O)C=Cc1ccccc1.[Rb]. The summed E-state index contributed by atoms with van der Waals surface area (Å²) in [6.07, 6.45) is 2.68. The third kappa shape index (κ3) is 4.98. The summed E-state index contributed by atoms with van der Waals surface area (Å²) in [6.45, 7) is 0. The number of carboxylic acid groups (broad SMARTS) is 1. The molecule has 0 aromatic heterocycles. The molecule has 1 N–H and O–H groups in total. The number of aliphatic carboxylic acids is 1. The number of hydrogen-bond donors (Lipinski definition) is 1. The first-order valence-corrected chi connectivity index (χ1v) is 3.25. The zero-order valence-electron chi connectivity index (χ0n) is 6.90. The molecular formula is C9H8O2Rb. The average molecular weight is 234 g/mol. The van der Waals surface area contributed by atoms with E-state index in [1.807, 2.05) is 30.3 Å². The van der Waals surface area contributed by atoms with Crippen molar-refractivity contribution in [1.82, 2.24) is 0 Å². The second kappa shape index (κ2) is 6.72. The van der Waals surface area contributed by atoms with Crippen LogP contribution in [0.1, 0.15) is 5.56 Å². The van der Waals surface area contributed by atoms with Crippen LogP contribution in [0.15, 0.2) is 36.4 Å². The van der Waals surface area contributed by atoms with Gasteiger partial charge in [-0.3, -0.25) is 0 Å². The molecule has 0 fully saturated rings. The topological polar surface area (TPSA) is 37.3 Å². The van der Waals surface area contributed by atoms with Crippen LogP contribution in [0.3, 0.4) is 0 Å². The Morgan fingerprint density at radius 3 is 2.33 bits per heavy atom. The first-order valence-electron chi connectivity index (χ1n) is 3.25. The number of carbonyl (C=O) groups is 1. The van der Waals surface area contributed by atoms with Gasteiger partial charge in [0.2, 0.25) is 0 Å². The van der Waals surface area contributed by atoms with Gasteiger partial charge >= 0.3 is 5.97 Å². The smallest absolute Gasteiger partial charge is 0.328 e. The van der Waals surface area contributed by atoms with E-state index >= 15 is 0 Å². The van der Waals surface area contributed by atoms with Crippen molar-refractivity contribution in [2.45, 2.75) is 0 Å². The molecule has 1 aromatic carbocycles. The first-order chi connectivity index (χ1) is 5.29. The third-order valence-electron chi connectivity index (χ3n) is 1.22. The maximum atomic E-state index is 10.1. The summed E-state index contributed by atoms with van der Waals surface area (Å²) in [6, 6.07) is 9.31. The molecule has 0 saturated carbocycles. The molecule has 0 spiro atoms. The molecule has 0 aliphatic rings. The second-order valence-electron chi connectivity index (χ2n) is 2.08. The minimum absolute atomic E-state index is 0. The Kier molecular flexibility index (Phi) is 6.85. The Bertz CT molecular complexity index is 267. The van der Waals surface area contributed by atoms with E-state index < -0.39 is 5.97 Å².